The van der Waals surface area contributed by atoms with Gasteiger partial charge >= 0.3 is 0 Å². The zero-order valence-electron chi connectivity index (χ0n) is 17.5. The van der Waals surface area contributed by atoms with E-state index in [0.29, 0.717) is 34.1 Å². The van der Waals surface area contributed by atoms with Gasteiger partial charge in [-0.2, -0.15) is 0 Å². The number of hydrogen-bond donors (Lipinski definition) is 0. The fourth-order valence-corrected chi connectivity index (χ4v) is 2.44. The summed E-state index contributed by atoms with van der Waals surface area (Å²) in [6.07, 6.45) is 3.12. The van der Waals surface area contributed by atoms with Crippen LogP contribution >= 0.6 is 0 Å². The van der Waals surface area contributed by atoms with Crippen LogP contribution in [0.1, 0.15) is 15.9 Å². The van der Waals surface area contributed by atoms with Gasteiger partial charge in [-0.25, -0.2) is 0 Å². The zero-order chi connectivity index (χ0) is 21.8. The summed E-state index contributed by atoms with van der Waals surface area (Å²) in [5.41, 5.74) is 1.14. The average molecular weight is 418 g/mol. The summed E-state index contributed by atoms with van der Waals surface area (Å²) in [6, 6.07) is 10.2. The summed E-state index contributed by atoms with van der Waals surface area (Å²) in [6.45, 7) is 0.254. The zero-order valence-corrected chi connectivity index (χ0v) is 17.5. The molecule has 8 heteroatoms. The van der Waals surface area contributed by atoms with Crippen molar-refractivity contribution in [3.05, 3.63) is 53.6 Å². The Balaban J connectivity index is 2.19. The van der Waals surface area contributed by atoms with Crippen LogP contribution < -0.4 is 18.9 Å². The largest absolute Gasteiger partial charge is 0.493 e. The third-order valence-corrected chi connectivity index (χ3v) is 3.86. The molecule has 2 aromatic rings. The predicted molar refractivity (Wildman–Crippen MR) is 110 cm³/mol. The topological polar surface area (TPSA) is 81.7 Å². The maximum atomic E-state index is 12.6. The van der Waals surface area contributed by atoms with Crippen LogP contribution in [0.4, 0.5) is 0 Å². The van der Waals surface area contributed by atoms with Crippen LogP contribution in [0, 0.1) is 0 Å². The van der Waals surface area contributed by atoms with Crippen LogP contribution in [0.3, 0.4) is 0 Å². The Morgan fingerprint density at radius 2 is 1.43 bits per heavy atom. The van der Waals surface area contributed by atoms with Crippen molar-refractivity contribution < 1.29 is 38.0 Å². The van der Waals surface area contributed by atoms with Crippen LogP contribution in [0.2, 0.25) is 0 Å². The first-order chi connectivity index (χ1) is 14.6. The van der Waals surface area contributed by atoms with E-state index in [1.807, 2.05) is 0 Å². The minimum atomic E-state index is -0.205. The SMILES string of the molecule is COCOc1ccc(/C=C/C(=O)c2ccc(OCOC)c(OC)c2)c(OCOC)c1. The average Bonchev–Trinajstić information content (AvgIpc) is 2.78. The molecule has 0 N–H and O–H groups in total. The normalized spacial score (nSPS) is 10.8. The highest BCUT2D eigenvalue weighted by molar-refractivity contribution is 6.07. The van der Waals surface area contributed by atoms with E-state index in [4.69, 9.17) is 33.2 Å². The molecular formula is C22H26O8. The van der Waals surface area contributed by atoms with Crippen LogP contribution in [-0.2, 0) is 14.2 Å². The van der Waals surface area contributed by atoms with Crippen molar-refractivity contribution >= 4 is 11.9 Å². The van der Waals surface area contributed by atoms with E-state index in [9.17, 15) is 4.79 Å². The second-order valence-corrected chi connectivity index (χ2v) is 5.92. The van der Waals surface area contributed by atoms with Crippen LogP contribution in [-0.4, -0.2) is 54.6 Å². The van der Waals surface area contributed by atoms with E-state index in [2.05, 4.69) is 0 Å². The van der Waals surface area contributed by atoms with Crippen molar-refractivity contribution in [1.82, 2.24) is 0 Å². The van der Waals surface area contributed by atoms with Crippen molar-refractivity contribution in [2.75, 3.05) is 48.8 Å². The fourth-order valence-electron chi connectivity index (χ4n) is 2.44. The third kappa shape index (κ3) is 6.77. The molecule has 0 unspecified atom stereocenters. The Morgan fingerprint density at radius 1 is 0.767 bits per heavy atom. The molecule has 162 valence electrons. The molecule has 0 aliphatic heterocycles. The van der Waals surface area contributed by atoms with Gasteiger partial charge in [-0.15, -0.1) is 0 Å². The van der Waals surface area contributed by atoms with Crippen LogP contribution in [0.25, 0.3) is 6.08 Å². The van der Waals surface area contributed by atoms with Gasteiger partial charge in [-0.05, 0) is 42.5 Å². The van der Waals surface area contributed by atoms with Crippen LogP contribution in [0.5, 0.6) is 23.0 Å². The molecule has 0 amide bonds. The summed E-state index contributed by atoms with van der Waals surface area (Å²) < 4.78 is 36.5. The first kappa shape index (κ1) is 23.2. The summed E-state index contributed by atoms with van der Waals surface area (Å²) in [7, 11) is 6.09. The molecule has 0 saturated carbocycles. The Morgan fingerprint density at radius 3 is 2.10 bits per heavy atom. The Kier molecular flexibility index (Phi) is 9.66. The monoisotopic (exact) mass is 418 g/mol. The number of hydrogen-bond acceptors (Lipinski definition) is 8. The quantitative estimate of drug-likeness (QED) is 0.278. The van der Waals surface area contributed by atoms with E-state index < -0.39 is 0 Å². The lowest BCUT2D eigenvalue weighted by Gasteiger charge is -2.11. The smallest absolute Gasteiger partial charge is 0.188 e. The molecule has 0 aliphatic rings. The van der Waals surface area contributed by atoms with E-state index in [1.54, 1.807) is 42.5 Å². The predicted octanol–water partition coefficient (Wildman–Crippen LogP) is 3.54. The van der Waals surface area contributed by atoms with Crippen LogP contribution in [0.15, 0.2) is 42.5 Å². The molecule has 0 radical (unpaired) electrons. The highest BCUT2D eigenvalue weighted by atomic mass is 16.7. The molecule has 30 heavy (non-hydrogen) atoms. The molecule has 0 heterocycles. The molecule has 2 aromatic carbocycles. The maximum absolute atomic E-state index is 12.6. The molecule has 2 rings (SSSR count). The Labute approximate surface area is 175 Å². The third-order valence-electron chi connectivity index (χ3n) is 3.86. The second kappa shape index (κ2) is 12.5. The lowest BCUT2D eigenvalue weighted by atomic mass is 10.1. The summed E-state index contributed by atoms with van der Waals surface area (Å²) in [4.78, 5) is 12.6. The highest BCUT2D eigenvalue weighted by Gasteiger charge is 2.10. The van der Waals surface area contributed by atoms with Crippen molar-refractivity contribution in [3.8, 4) is 23.0 Å². The maximum Gasteiger partial charge on any atom is 0.188 e. The summed E-state index contributed by atoms with van der Waals surface area (Å²) in [5.74, 6) is 1.80. The van der Waals surface area contributed by atoms with Gasteiger partial charge in [-0.1, -0.05) is 0 Å². The van der Waals surface area contributed by atoms with Crippen molar-refractivity contribution in [2.24, 2.45) is 0 Å². The molecule has 0 fully saturated rings. The van der Waals surface area contributed by atoms with Gasteiger partial charge in [0.15, 0.2) is 37.7 Å². The first-order valence-electron chi connectivity index (χ1n) is 9.02. The summed E-state index contributed by atoms with van der Waals surface area (Å²) in [5, 5.41) is 0. The number of rotatable bonds is 13. The number of carbonyl (C=O) groups is 1. The van der Waals surface area contributed by atoms with Gasteiger partial charge < -0.3 is 33.2 Å². The number of ether oxygens (including phenoxy) is 7. The van der Waals surface area contributed by atoms with Gasteiger partial charge in [0.05, 0.1) is 7.11 Å². The van der Waals surface area contributed by atoms with Gasteiger partial charge in [0.25, 0.3) is 0 Å². The lowest BCUT2D eigenvalue weighted by molar-refractivity contribution is 0.0459. The van der Waals surface area contributed by atoms with E-state index in [-0.39, 0.29) is 26.2 Å². The number of allylic oxidation sites excluding steroid dienone is 1. The fraction of sp³-hybridized carbons (Fsp3) is 0.318. The van der Waals surface area contributed by atoms with E-state index >= 15 is 0 Å². The van der Waals surface area contributed by atoms with Gasteiger partial charge in [0, 0.05) is 38.5 Å². The summed E-state index contributed by atoms with van der Waals surface area (Å²) >= 11 is 0. The highest BCUT2D eigenvalue weighted by Crippen LogP contribution is 2.29. The molecule has 0 bridgehead atoms. The van der Waals surface area contributed by atoms with Crippen molar-refractivity contribution in [3.63, 3.8) is 0 Å². The molecule has 0 aliphatic carbocycles. The number of benzene rings is 2. The van der Waals surface area contributed by atoms with Crippen molar-refractivity contribution in [1.29, 1.82) is 0 Å². The van der Waals surface area contributed by atoms with E-state index in [1.165, 1.54) is 34.5 Å². The van der Waals surface area contributed by atoms with Gasteiger partial charge in [0.1, 0.15) is 11.5 Å². The molecule has 8 nitrogen and oxygen atoms in total. The van der Waals surface area contributed by atoms with E-state index in [0.717, 1.165) is 0 Å². The molecule has 0 saturated heterocycles. The second-order valence-electron chi connectivity index (χ2n) is 5.92. The molecule has 0 aromatic heterocycles. The van der Waals surface area contributed by atoms with Crippen molar-refractivity contribution in [2.45, 2.75) is 0 Å². The molecule has 0 atom stereocenters. The van der Waals surface area contributed by atoms with Gasteiger partial charge in [0.2, 0.25) is 0 Å². The first-order valence-corrected chi connectivity index (χ1v) is 9.02. The lowest BCUT2D eigenvalue weighted by Crippen LogP contribution is -2.03. The standard InChI is InChI=1S/C22H26O8/c1-24-13-28-18-8-5-16(21(12-18)30-15-26-3)6-9-19(23)17-7-10-20(29-14-25-2)22(11-17)27-4/h5-12H,13-15H2,1-4H3/b9-6+. The molecule has 0 spiro atoms. The number of ketones is 1. The minimum absolute atomic E-state index is 0.0582. The minimum Gasteiger partial charge on any atom is -0.493 e. The molecular weight excluding hydrogens is 392 g/mol. The number of methoxy groups -OCH3 is 4. The van der Waals surface area contributed by atoms with Gasteiger partial charge in [-0.3, -0.25) is 4.79 Å². The number of carbonyl (C=O) groups excluding carboxylic acids is 1. The Bertz CT molecular complexity index is 847. The Hall–Kier alpha value is -3.07.